The molecule has 1 heterocycles. The number of carbonyl (C=O) groups is 2. The largest absolute Gasteiger partial charge is 0.352 e. The van der Waals surface area contributed by atoms with Crippen molar-refractivity contribution in [1.82, 2.24) is 10.2 Å². The number of likely N-dealkylation sites (tertiary alicyclic amines) is 1. The van der Waals surface area contributed by atoms with Crippen LogP contribution in [0.25, 0.3) is 0 Å². The van der Waals surface area contributed by atoms with Crippen molar-refractivity contribution in [3.05, 3.63) is 71.5 Å². The number of benzene rings is 2. The van der Waals surface area contributed by atoms with Crippen LogP contribution in [0.3, 0.4) is 0 Å². The minimum Gasteiger partial charge on any atom is -0.352 e. The van der Waals surface area contributed by atoms with Gasteiger partial charge < -0.3 is 10.2 Å². The van der Waals surface area contributed by atoms with E-state index in [1.54, 1.807) is 18.2 Å². The second-order valence-electron chi connectivity index (χ2n) is 8.28. The minimum absolute atomic E-state index is 0.0794. The molecule has 4 rings (SSSR count). The average molecular weight is 394 g/mol. The van der Waals surface area contributed by atoms with Gasteiger partial charge in [0.15, 0.2) is 0 Å². The molecule has 29 heavy (non-hydrogen) atoms. The van der Waals surface area contributed by atoms with Gasteiger partial charge in [-0.2, -0.15) is 0 Å². The van der Waals surface area contributed by atoms with Gasteiger partial charge in [-0.15, -0.1) is 0 Å². The van der Waals surface area contributed by atoms with E-state index in [0.717, 1.165) is 44.2 Å². The third kappa shape index (κ3) is 4.04. The summed E-state index contributed by atoms with van der Waals surface area (Å²) in [6, 6.07) is 15.7. The zero-order chi connectivity index (χ0) is 20.3. The quantitative estimate of drug-likeness (QED) is 0.836. The molecule has 2 fully saturated rings. The molecular weight excluding hydrogens is 367 g/mol. The first-order valence-corrected chi connectivity index (χ1v) is 10.5. The topological polar surface area (TPSA) is 49.4 Å². The zero-order valence-corrected chi connectivity index (χ0v) is 16.6. The summed E-state index contributed by atoms with van der Waals surface area (Å²) in [5, 5.41) is 3.01. The molecule has 1 saturated heterocycles. The molecule has 0 spiro atoms. The summed E-state index contributed by atoms with van der Waals surface area (Å²) in [6.45, 7) is 1.94. The van der Waals surface area contributed by atoms with E-state index < -0.39 is 5.41 Å². The molecular formula is C24H27FN2O2. The van der Waals surface area contributed by atoms with E-state index in [0.29, 0.717) is 18.7 Å². The predicted molar refractivity (Wildman–Crippen MR) is 110 cm³/mol. The molecule has 1 aliphatic heterocycles. The maximum absolute atomic E-state index is 13.8. The average Bonchev–Trinajstić information content (AvgIpc) is 2.72. The van der Waals surface area contributed by atoms with Crippen LogP contribution in [0.5, 0.6) is 0 Å². The van der Waals surface area contributed by atoms with Crippen LogP contribution in [0.1, 0.15) is 48.0 Å². The SMILES string of the molecule is O=C(NCC1CCCN(C(=O)C2(c3cccc(F)c3)CCC2)C1)c1ccccc1. The number of rotatable bonds is 5. The van der Waals surface area contributed by atoms with Gasteiger partial charge in [-0.1, -0.05) is 36.8 Å². The van der Waals surface area contributed by atoms with Crippen molar-refractivity contribution in [2.24, 2.45) is 5.92 Å². The third-order valence-electron chi connectivity index (χ3n) is 6.39. The van der Waals surface area contributed by atoms with Gasteiger partial charge in [0.1, 0.15) is 5.82 Å². The molecule has 1 aliphatic carbocycles. The Hall–Kier alpha value is -2.69. The number of piperidine rings is 1. The first-order chi connectivity index (χ1) is 14.1. The van der Waals surface area contributed by atoms with Crippen molar-refractivity contribution in [3.8, 4) is 0 Å². The monoisotopic (exact) mass is 394 g/mol. The van der Waals surface area contributed by atoms with Crippen LogP contribution >= 0.6 is 0 Å². The Balaban J connectivity index is 1.40. The normalized spacial score (nSPS) is 20.6. The lowest BCUT2D eigenvalue weighted by atomic mass is 9.63. The van der Waals surface area contributed by atoms with Crippen LogP contribution in [0.15, 0.2) is 54.6 Å². The number of nitrogens with one attached hydrogen (secondary N) is 1. The first kappa shape index (κ1) is 19.6. The van der Waals surface area contributed by atoms with Gasteiger partial charge in [-0.05, 0) is 61.4 Å². The van der Waals surface area contributed by atoms with E-state index in [9.17, 15) is 14.0 Å². The molecule has 4 nitrogen and oxygen atoms in total. The van der Waals surface area contributed by atoms with Gasteiger partial charge >= 0.3 is 0 Å². The molecule has 5 heteroatoms. The molecule has 0 bridgehead atoms. The standard InChI is InChI=1S/C24H27FN2O2/c25-21-11-4-10-20(15-21)24(12-6-13-24)23(29)27-14-5-7-18(17-27)16-26-22(28)19-8-2-1-3-9-19/h1-4,8-11,15,18H,5-7,12-14,16-17H2,(H,26,28). The summed E-state index contributed by atoms with van der Waals surface area (Å²) in [6.07, 6.45) is 4.47. The summed E-state index contributed by atoms with van der Waals surface area (Å²) in [5.74, 6) is -0.00979. The molecule has 1 saturated carbocycles. The summed E-state index contributed by atoms with van der Waals surface area (Å²) in [4.78, 5) is 27.7. The van der Waals surface area contributed by atoms with Crippen molar-refractivity contribution >= 4 is 11.8 Å². The fourth-order valence-electron chi connectivity index (χ4n) is 4.59. The first-order valence-electron chi connectivity index (χ1n) is 10.5. The van der Waals surface area contributed by atoms with Crippen molar-refractivity contribution in [2.45, 2.75) is 37.5 Å². The van der Waals surface area contributed by atoms with Crippen molar-refractivity contribution in [2.75, 3.05) is 19.6 Å². The highest BCUT2D eigenvalue weighted by atomic mass is 19.1. The molecule has 152 valence electrons. The lowest BCUT2D eigenvalue weighted by molar-refractivity contribution is -0.142. The Bertz CT molecular complexity index is 879. The highest BCUT2D eigenvalue weighted by Crippen LogP contribution is 2.45. The van der Waals surface area contributed by atoms with Gasteiger partial charge in [0.25, 0.3) is 5.91 Å². The number of nitrogens with zero attached hydrogens (tertiary/aromatic N) is 1. The number of carbonyl (C=O) groups excluding carboxylic acids is 2. The Kier molecular flexibility index (Phi) is 5.65. The summed E-state index contributed by atoms with van der Waals surface area (Å²) >= 11 is 0. The van der Waals surface area contributed by atoms with Crippen LogP contribution < -0.4 is 5.32 Å². The lowest BCUT2D eigenvalue weighted by Crippen LogP contribution is -2.54. The zero-order valence-electron chi connectivity index (χ0n) is 16.6. The van der Waals surface area contributed by atoms with Crippen molar-refractivity contribution < 1.29 is 14.0 Å². The molecule has 2 aromatic carbocycles. The maximum Gasteiger partial charge on any atom is 0.251 e. The van der Waals surface area contributed by atoms with Crippen molar-refractivity contribution in [1.29, 1.82) is 0 Å². The number of amides is 2. The Morgan fingerprint density at radius 1 is 1.07 bits per heavy atom. The molecule has 2 aliphatic rings. The molecule has 2 amide bonds. The molecule has 1 atom stereocenters. The van der Waals surface area contributed by atoms with E-state index in [-0.39, 0.29) is 23.5 Å². The van der Waals surface area contributed by atoms with E-state index in [1.807, 2.05) is 29.2 Å². The highest BCUT2D eigenvalue weighted by molar-refractivity contribution is 5.94. The Morgan fingerprint density at radius 3 is 2.55 bits per heavy atom. The number of hydrogen-bond donors (Lipinski definition) is 1. The fourth-order valence-corrected chi connectivity index (χ4v) is 4.59. The van der Waals surface area contributed by atoms with Gasteiger partial charge in [-0.3, -0.25) is 9.59 Å². The van der Waals surface area contributed by atoms with Crippen LogP contribution in [-0.2, 0) is 10.2 Å². The molecule has 0 radical (unpaired) electrons. The Labute approximate surface area is 171 Å². The van der Waals surface area contributed by atoms with E-state index in [2.05, 4.69) is 5.32 Å². The second kappa shape index (κ2) is 8.36. The summed E-state index contributed by atoms with van der Waals surface area (Å²) in [7, 11) is 0. The predicted octanol–water partition coefficient (Wildman–Crippen LogP) is 3.92. The van der Waals surface area contributed by atoms with E-state index in [1.165, 1.54) is 12.1 Å². The van der Waals surface area contributed by atoms with Gasteiger partial charge in [0.05, 0.1) is 5.41 Å². The maximum atomic E-state index is 13.8. The Morgan fingerprint density at radius 2 is 1.86 bits per heavy atom. The molecule has 1 unspecified atom stereocenters. The number of halogens is 1. The summed E-state index contributed by atoms with van der Waals surface area (Å²) in [5.41, 5.74) is 0.876. The van der Waals surface area contributed by atoms with E-state index in [4.69, 9.17) is 0 Å². The van der Waals surface area contributed by atoms with Crippen molar-refractivity contribution in [3.63, 3.8) is 0 Å². The number of hydrogen-bond acceptors (Lipinski definition) is 2. The van der Waals surface area contributed by atoms with Gasteiger partial charge in [-0.25, -0.2) is 4.39 Å². The van der Waals surface area contributed by atoms with Gasteiger partial charge in [0, 0.05) is 25.2 Å². The van der Waals surface area contributed by atoms with Crippen LogP contribution in [0, 0.1) is 11.7 Å². The third-order valence-corrected chi connectivity index (χ3v) is 6.39. The summed E-state index contributed by atoms with van der Waals surface area (Å²) < 4.78 is 13.8. The lowest BCUT2D eigenvalue weighted by Gasteiger charge is -2.46. The molecule has 0 aromatic heterocycles. The minimum atomic E-state index is -0.572. The smallest absolute Gasteiger partial charge is 0.251 e. The van der Waals surface area contributed by atoms with Crippen LogP contribution in [0.4, 0.5) is 4.39 Å². The van der Waals surface area contributed by atoms with E-state index >= 15 is 0 Å². The van der Waals surface area contributed by atoms with Gasteiger partial charge in [0.2, 0.25) is 5.91 Å². The molecule has 2 aromatic rings. The molecule has 1 N–H and O–H groups in total. The van der Waals surface area contributed by atoms with Crippen LogP contribution in [0.2, 0.25) is 0 Å². The van der Waals surface area contributed by atoms with Crippen LogP contribution in [-0.4, -0.2) is 36.3 Å². The second-order valence-corrected chi connectivity index (χ2v) is 8.28. The highest BCUT2D eigenvalue weighted by Gasteiger charge is 2.48. The fraction of sp³-hybridized carbons (Fsp3) is 0.417.